The maximum Gasteiger partial charge on any atom is 0.231 e. The molecule has 102 valence electrons. The fraction of sp³-hybridized carbons (Fsp3) is 0.846. The molecule has 2 aliphatic carbocycles. The van der Waals surface area contributed by atoms with Crippen molar-refractivity contribution < 1.29 is 10.0 Å². The summed E-state index contributed by atoms with van der Waals surface area (Å²) in [7, 11) is 0. The van der Waals surface area contributed by atoms with Gasteiger partial charge in [-0.2, -0.15) is 0 Å². The molecule has 0 aromatic carbocycles. The van der Waals surface area contributed by atoms with Crippen LogP contribution in [0.15, 0.2) is 5.16 Å². The molecule has 0 heterocycles. The van der Waals surface area contributed by atoms with Crippen LogP contribution in [0.3, 0.4) is 0 Å². The SMILES string of the molecule is CC(C)C(C(=O)NCC1(C2CC2)CC1)C(N)=NO. The molecule has 0 radical (unpaired) electrons. The van der Waals surface area contributed by atoms with Gasteiger partial charge in [0.2, 0.25) is 5.91 Å². The first-order valence-electron chi connectivity index (χ1n) is 6.75. The van der Waals surface area contributed by atoms with Gasteiger partial charge in [0.25, 0.3) is 0 Å². The van der Waals surface area contributed by atoms with E-state index >= 15 is 0 Å². The highest BCUT2D eigenvalue weighted by Gasteiger charge is 2.53. The fourth-order valence-corrected chi connectivity index (χ4v) is 2.80. The number of carbonyl (C=O) groups excluding carboxylic acids is 1. The predicted octanol–water partition coefficient (Wildman–Crippen LogP) is 1.31. The van der Waals surface area contributed by atoms with E-state index in [4.69, 9.17) is 10.9 Å². The molecule has 5 heteroatoms. The third-order valence-corrected chi connectivity index (χ3v) is 4.33. The number of hydrogen-bond acceptors (Lipinski definition) is 3. The van der Waals surface area contributed by atoms with Crippen LogP contribution in [0.25, 0.3) is 0 Å². The Morgan fingerprint density at radius 1 is 1.50 bits per heavy atom. The van der Waals surface area contributed by atoms with Crippen molar-refractivity contribution in [2.24, 2.45) is 34.1 Å². The highest BCUT2D eigenvalue weighted by Crippen LogP contribution is 2.60. The minimum atomic E-state index is -0.537. The zero-order chi connectivity index (χ0) is 13.3. The Labute approximate surface area is 108 Å². The summed E-state index contributed by atoms with van der Waals surface area (Å²) in [5.74, 6) is 0.187. The number of nitrogens with two attached hydrogens (primary N) is 1. The van der Waals surface area contributed by atoms with Gasteiger partial charge in [-0.25, -0.2) is 0 Å². The standard InChI is InChI=1S/C13H23N3O2/c1-8(2)10(11(14)16-18)12(17)15-7-13(5-6-13)9-3-4-9/h8-10,18H,3-7H2,1-2H3,(H2,14,16)(H,15,17). The van der Waals surface area contributed by atoms with Crippen LogP contribution in [0.2, 0.25) is 0 Å². The maximum absolute atomic E-state index is 12.1. The lowest BCUT2D eigenvalue weighted by Gasteiger charge is -2.21. The molecule has 0 aromatic rings. The summed E-state index contributed by atoms with van der Waals surface area (Å²) in [5, 5.41) is 14.7. The van der Waals surface area contributed by atoms with Crippen molar-refractivity contribution in [3.8, 4) is 0 Å². The molecule has 2 aliphatic rings. The Morgan fingerprint density at radius 3 is 2.50 bits per heavy atom. The first-order chi connectivity index (χ1) is 8.50. The van der Waals surface area contributed by atoms with Gasteiger partial charge in [0, 0.05) is 6.54 Å². The first kappa shape index (κ1) is 13.2. The third-order valence-electron chi connectivity index (χ3n) is 4.33. The van der Waals surface area contributed by atoms with E-state index in [1.165, 1.54) is 25.7 Å². The monoisotopic (exact) mass is 253 g/mol. The molecule has 1 unspecified atom stereocenters. The minimum absolute atomic E-state index is 0.00114. The lowest BCUT2D eigenvalue weighted by atomic mass is 9.93. The average Bonchev–Trinajstić information content (AvgIpc) is 3.15. The molecule has 0 saturated heterocycles. The number of oxime groups is 1. The van der Waals surface area contributed by atoms with Gasteiger partial charge < -0.3 is 16.3 Å². The van der Waals surface area contributed by atoms with E-state index < -0.39 is 5.92 Å². The van der Waals surface area contributed by atoms with Crippen molar-refractivity contribution in [1.82, 2.24) is 5.32 Å². The number of amides is 1. The molecule has 18 heavy (non-hydrogen) atoms. The van der Waals surface area contributed by atoms with Crippen LogP contribution in [0.5, 0.6) is 0 Å². The molecule has 4 N–H and O–H groups in total. The van der Waals surface area contributed by atoms with Crippen LogP contribution < -0.4 is 11.1 Å². The van der Waals surface area contributed by atoms with Crippen LogP contribution in [0, 0.1) is 23.2 Å². The van der Waals surface area contributed by atoms with Crippen LogP contribution in [0.4, 0.5) is 0 Å². The molecule has 1 atom stereocenters. The van der Waals surface area contributed by atoms with E-state index in [1.807, 2.05) is 13.8 Å². The van der Waals surface area contributed by atoms with E-state index in [0.29, 0.717) is 5.41 Å². The van der Waals surface area contributed by atoms with Gasteiger partial charge in [0.05, 0.1) is 0 Å². The summed E-state index contributed by atoms with van der Waals surface area (Å²) in [6, 6.07) is 0. The first-order valence-corrected chi connectivity index (χ1v) is 6.75. The van der Waals surface area contributed by atoms with Gasteiger partial charge in [-0.15, -0.1) is 0 Å². The van der Waals surface area contributed by atoms with Crippen molar-refractivity contribution in [2.75, 3.05) is 6.54 Å². The second kappa shape index (κ2) is 4.78. The Balaban J connectivity index is 1.89. The van der Waals surface area contributed by atoms with Crippen molar-refractivity contribution in [3.63, 3.8) is 0 Å². The number of rotatable bonds is 6. The van der Waals surface area contributed by atoms with Crippen molar-refractivity contribution in [2.45, 2.75) is 39.5 Å². The zero-order valence-electron chi connectivity index (χ0n) is 11.1. The van der Waals surface area contributed by atoms with Crippen molar-refractivity contribution >= 4 is 11.7 Å². The van der Waals surface area contributed by atoms with E-state index in [2.05, 4.69) is 10.5 Å². The Kier molecular flexibility index (Phi) is 3.50. The summed E-state index contributed by atoms with van der Waals surface area (Å²) < 4.78 is 0. The second-order valence-electron chi connectivity index (χ2n) is 6.10. The topological polar surface area (TPSA) is 87.7 Å². The van der Waals surface area contributed by atoms with Gasteiger partial charge in [0.1, 0.15) is 5.92 Å². The van der Waals surface area contributed by atoms with Gasteiger partial charge in [0.15, 0.2) is 5.84 Å². The zero-order valence-corrected chi connectivity index (χ0v) is 11.1. The smallest absolute Gasteiger partial charge is 0.231 e. The Hall–Kier alpha value is -1.26. The number of nitrogens with zero attached hydrogens (tertiary/aromatic N) is 1. The number of hydrogen-bond donors (Lipinski definition) is 3. The van der Waals surface area contributed by atoms with E-state index in [1.54, 1.807) is 0 Å². The molecule has 0 aliphatic heterocycles. The maximum atomic E-state index is 12.1. The molecule has 2 rings (SSSR count). The molecule has 0 aromatic heterocycles. The summed E-state index contributed by atoms with van der Waals surface area (Å²) in [4.78, 5) is 12.1. The van der Waals surface area contributed by atoms with E-state index in [0.717, 1.165) is 12.5 Å². The van der Waals surface area contributed by atoms with Gasteiger partial charge in [-0.1, -0.05) is 19.0 Å². The number of amidine groups is 1. The largest absolute Gasteiger partial charge is 0.409 e. The minimum Gasteiger partial charge on any atom is -0.409 e. The van der Waals surface area contributed by atoms with Crippen molar-refractivity contribution in [1.29, 1.82) is 0 Å². The molecule has 2 fully saturated rings. The van der Waals surface area contributed by atoms with Gasteiger partial charge >= 0.3 is 0 Å². The molecular weight excluding hydrogens is 230 g/mol. The van der Waals surface area contributed by atoms with Crippen LogP contribution in [-0.2, 0) is 4.79 Å². The lowest BCUT2D eigenvalue weighted by molar-refractivity contribution is -0.124. The molecule has 1 amide bonds. The normalized spacial score (nSPS) is 23.8. The van der Waals surface area contributed by atoms with Gasteiger partial charge in [-0.05, 0) is 42.9 Å². The Morgan fingerprint density at radius 2 is 2.11 bits per heavy atom. The van der Waals surface area contributed by atoms with Crippen LogP contribution in [-0.4, -0.2) is 23.5 Å². The molecule has 5 nitrogen and oxygen atoms in total. The van der Waals surface area contributed by atoms with Gasteiger partial charge in [-0.3, -0.25) is 4.79 Å². The third kappa shape index (κ3) is 2.60. The van der Waals surface area contributed by atoms with E-state index in [-0.39, 0.29) is 17.7 Å². The molecule has 2 saturated carbocycles. The molecule has 0 bridgehead atoms. The van der Waals surface area contributed by atoms with Crippen LogP contribution >= 0.6 is 0 Å². The Bertz CT molecular complexity index is 357. The highest BCUT2D eigenvalue weighted by atomic mass is 16.4. The lowest BCUT2D eigenvalue weighted by Crippen LogP contribution is -2.43. The summed E-state index contributed by atoms with van der Waals surface area (Å²) >= 11 is 0. The number of carbonyl (C=O) groups is 1. The van der Waals surface area contributed by atoms with E-state index in [9.17, 15) is 4.79 Å². The summed E-state index contributed by atoms with van der Waals surface area (Å²) in [6.45, 7) is 4.55. The fourth-order valence-electron chi connectivity index (χ4n) is 2.80. The highest BCUT2D eigenvalue weighted by molar-refractivity contribution is 6.02. The van der Waals surface area contributed by atoms with Crippen molar-refractivity contribution in [3.05, 3.63) is 0 Å². The van der Waals surface area contributed by atoms with Crippen LogP contribution in [0.1, 0.15) is 39.5 Å². The predicted molar refractivity (Wildman–Crippen MR) is 69.1 cm³/mol. The summed E-state index contributed by atoms with van der Waals surface area (Å²) in [6.07, 6.45) is 5.08. The molecule has 0 spiro atoms. The average molecular weight is 253 g/mol. The molecular formula is C13H23N3O2. The summed E-state index contributed by atoms with van der Waals surface area (Å²) in [5.41, 5.74) is 5.96. The quantitative estimate of drug-likeness (QED) is 0.289. The number of nitrogens with one attached hydrogen (secondary N) is 1. The second-order valence-corrected chi connectivity index (χ2v) is 6.10.